The quantitative estimate of drug-likeness (QED) is 0.500. The van der Waals surface area contributed by atoms with Gasteiger partial charge in [0.2, 0.25) is 0 Å². The molecule has 28 heavy (non-hydrogen) atoms. The first-order valence-corrected chi connectivity index (χ1v) is 10.1. The average Bonchev–Trinajstić information content (AvgIpc) is 3.26. The SMILES string of the molecule is COc1ccc(C(Cc2ccncc2)c2ccccc2)cc1C=C1CCCC1. The number of rotatable bonds is 6. The van der Waals surface area contributed by atoms with Crippen LogP contribution >= 0.6 is 0 Å². The molecule has 4 rings (SSSR count). The van der Waals surface area contributed by atoms with Crippen LogP contribution in [0.2, 0.25) is 0 Å². The fourth-order valence-electron chi connectivity index (χ4n) is 4.14. The smallest absolute Gasteiger partial charge is 0.126 e. The Morgan fingerprint density at radius 1 is 0.929 bits per heavy atom. The van der Waals surface area contributed by atoms with Crippen molar-refractivity contribution in [3.8, 4) is 5.75 Å². The lowest BCUT2D eigenvalue weighted by molar-refractivity contribution is 0.413. The topological polar surface area (TPSA) is 22.1 Å². The number of pyridine rings is 1. The van der Waals surface area contributed by atoms with E-state index in [0.29, 0.717) is 5.92 Å². The number of allylic oxidation sites excluding steroid dienone is 1. The van der Waals surface area contributed by atoms with Gasteiger partial charge >= 0.3 is 0 Å². The van der Waals surface area contributed by atoms with Gasteiger partial charge in [0.25, 0.3) is 0 Å². The van der Waals surface area contributed by atoms with Crippen molar-refractivity contribution >= 4 is 6.08 Å². The summed E-state index contributed by atoms with van der Waals surface area (Å²) in [5.41, 5.74) is 6.71. The summed E-state index contributed by atoms with van der Waals surface area (Å²) in [6.45, 7) is 0. The van der Waals surface area contributed by atoms with Crippen LogP contribution in [0.15, 0.2) is 78.6 Å². The van der Waals surface area contributed by atoms with Gasteiger partial charge in [-0.2, -0.15) is 0 Å². The zero-order chi connectivity index (χ0) is 19.2. The van der Waals surface area contributed by atoms with Gasteiger partial charge in [-0.25, -0.2) is 0 Å². The molecule has 1 unspecified atom stereocenters. The molecule has 1 saturated carbocycles. The Morgan fingerprint density at radius 2 is 1.68 bits per heavy atom. The zero-order valence-corrected chi connectivity index (χ0v) is 16.5. The molecule has 1 heterocycles. The Balaban J connectivity index is 1.74. The van der Waals surface area contributed by atoms with Crippen LogP contribution < -0.4 is 4.74 Å². The Hall–Kier alpha value is -2.87. The maximum atomic E-state index is 5.66. The number of nitrogens with zero attached hydrogens (tertiary/aromatic N) is 1. The second-order valence-electron chi connectivity index (χ2n) is 7.53. The van der Waals surface area contributed by atoms with Crippen molar-refractivity contribution in [1.29, 1.82) is 0 Å². The summed E-state index contributed by atoms with van der Waals surface area (Å²) in [4.78, 5) is 4.17. The number of hydrogen-bond acceptors (Lipinski definition) is 2. The maximum absolute atomic E-state index is 5.66. The molecule has 1 aliphatic rings. The molecule has 2 nitrogen and oxygen atoms in total. The molecule has 3 aromatic rings. The normalized spacial score (nSPS) is 14.7. The van der Waals surface area contributed by atoms with Gasteiger partial charge in [0, 0.05) is 23.9 Å². The van der Waals surface area contributed by atoms with Gasteiger partial charge in [0.1, 0.15) is 5.75 Å². The lowest BCUT2D eigenvalue weighted by Gasteiger charge is -2.20. The molecule has 1 atom stereocenters. The van der Waals surface area contributed by atoms with E-state index in [-0.39, 0.29) is 0 Å². The Morgan fingerprint density at radius 3 is 2.39 bits per heavy atom. The summed E-state index contributed by atoms with van der Waals surface area (Å²) >= 11 is 0. The third-order valence-electron chi connectivity index (χ3n) is 5.65. The number of methoxy groups -OCH3 is 1. The Kier molecular flexibility index (Phi) is 5.86. The van der Waals surface area contributed by atoms with Crippen LogP contribution in [0.3, 0.4) is 0 Å². The summed E-state index contributed by atoms with van der Waals surface area (Å²) < 4.78 is 5.66. The van der Waals surface area contributed by atoms with E-state index in [0.717, 1.165) is 12.2 Å². The minimum Gasteiger partial charge on any atom is -0.496 e. The van der Waals surface area contributed by atoms with Crippen LogP contribution in [0.5, 0.6) is 5.75 Å². The molecule has 0 spiro atoms. The van der Waals surface area contributed by atoms with Gasteiger partial charge in [-0.15, -0.1) is 0 Å². The molecule has 0 aliphatic heterocycles. The highest BCUT2D eigenvalue weighted by molar-refractivity contribution is 5.62. The first-order valence-electron chi connectivity index (χ1n) is 10.1. The van der Waals surface area contributed by atoms with Crippen molar-refractivity contribution in [1.82, 2.24) is 4.98 Å². The van der Waals surface area contributed by atoms with Crippen LogP contribution in [0.25, 0.3) is 6.08 Å². The predicted octanol–water partition coefficient (Wildman–Crippen LogP) is 6.42. The molecular weight excluding hydrogens is 342 g/mol. The Bertz CT molecular complexity index is 923. The fourth-order valence-corrected chi connectivity index (χ4v) is 4.14. The van der Waals surface area contributed by atoms with E-state index in [4.69, 9.17) is 4.74 Å². The minimum absolute atomic E-state index is 0.301. The van der Waals surface area contributed by atoms with Crippen molar-refractivity contribution < 1.29 is 4.74 Å². The second-order valence-corrected chi connectivity index (χ2v) is 7.53. The van der Waals surface area contributed by atoms with E-state index in [2.05, 4.69) is 71.7 Å². The van der Waals surface area contributed by atoms with E-state index in [1.165, 1.54) is 47.9 Å². The molecular formula is C26H27NO. The van der Waals surface area contributed by atoms with E-state index in [1.54, 1.807) is 12.7 Å². The van der Waals surface area contributed by atoms with Gasteiger partial charge in [-0.05, 0) is 73.1 Å². The number of aromatic nitrogens is 1. The van der Waals surface area contributed by atoms with E-state index in [9.17, 15) is 0 Å². The van der Waals surface area contributed by atoms with E-state index >= 15 is 0 Å². The Labute approximate surface area is 167 Å². The number of ether oxygens (including phenoxy) is 1. The van der Waals surface area contributed by atoms with Gasteiger partial charge in [0.15, 0.2) is 0 Å². The molecule has 142 valence electrons. The second kappa shape index (κ2) is 8.88. The lowest BCUT2D eigenvalue weighted by atomic mass is 9.85. The third kappa shape index (κ3) is 4.33. The summed E-state index contributed by atoms with van der Waals surface area (Å²) in [5.74, 6) is 1.26. The fraction of sp³-hybridized carbons (Fsp3) is 0.269. The van der Waals surface area contributed by atoms with Crippen molar-refractivity contribution in [3.63, 3.8) is 0 Å². The van der Waals surface area contributed by atoms with Crippen LogP contribution in [0.4, 0.5) is 0 Å². The molecule has 1 aliphatic carbocycles. The molecule has 0 amide bonds. The molecule has 2 aromatic carbocycles. The van der Waals surface area contributed by atoms with Gasteiger partial charge in [0.05, 0.1) is 7.11 Å². The molecule has 0 radical (unpaired) electrons. The lowest BCUT2D eigenvalue weighted by Crippen LogP contribution is -2.06. The maximum Gasteiger partial charge on any atom is 0.126 e. The van der Waals surface area contributed by atoms with Crippen LogP contribution in [-0.2, 0) is 6.42 Å². The molecule has 0 N–H and O–H groups in total. The van der Waals surface area contributed by atoms with Crippen molar-refractivity contribution in [2.45, 2.75) is 38.0 Å². The summed E-state index contributed by atoms with van der Waals surface area (Å²) in [7, 11) is 1.76. The molecule has 1 aromatic heterocycles. The summed E-state index contributed by atoms with van der Waals surface area (Å²) in [6.07, 6.45) is 12.1. The first-order chi connectivity index (χ1) is 13.8. The van der Waals surface area contributed by atoms with Crippen LogP contribution in [-0.4, -0.2) is 12.1 Å². The highest BCUT2D eigenvalue weighted by atomic mass is 16.5. The first kappa shape index (κ1) is 18.5. The summed E-state index contributed by atoms with van der Waals surface area (Å²) in [6, 6.07) is 21.7. The molecule has 0 saturated heterocycles. The van der Waals surface area contributed by atoms with E-state index < -0.39 is 0 Å². The number of benzene rings is 2. The van der Waals surface area contributed by atoms with Crippen LogP contribution in [0.1, 0.15) is 53.9 Å². The molecule has 2 heteroatoms. The minimum atomic E-state index is 0.301. The highest BCUT2D eigenvalue weighted by Gasteiger charge is 2.17. The van der Waals surface area contributed by atoms with Gasteiger partial charge < -0.3 is 4.74 Å². The largest absolute Gasteiger partial charge is 0.496 e. The average molecular weight is 370 g/mol. The standard InChI is InChI=1S/C26H27NO/c1-28-26-12-11-23(19-24(26)17-20-7-5-6-8-20)25(22-9-3-2-4-10-22)18-21-13-15-27-16-14-21/h2-4,9-17,19,25H,5-8,18H2,1H3. The summed E-state index contributed by atoms with van der Waals surface area (Å²) in [5, 5.41) is 0. The monoisotopic (exact) mass is 369 g/mol. The highest BCUT2D eigenvalue weighted by Crippen LogP contribution is 2.34. The van der Waals surface area contributed by atoms with Gasteiger partial charge in [-0.3, -0.25) is 4.98 Å². The van der Waals surface area contributed by atoms with Crippen molar-refractivity contribution in [2.24, 2.45) is 0 Å². The van der Waals surface area contributed by atoms with Crippen LogP contribution in [0, 0.1) is 0 Å². The third-order valence-corrected chi connectivity index (χ3v) is 5.65. The molecule has 0 bridgehead atoms. The van der Waals surface area contributed by atoms with Crippen molar-refractivity contribution in [3.05, 3.63) is 101 Å². The molecule has 1 fully saturated rings. The van der Waals surface area contributed by atoms with E-state index in [1.807, 2.05) is 12.4 Å². The van der Waals surface area contributed by atoms with Gasteiger partial charge in [-0.1, -0.05) is 48.0 Å². The number of hydrogen-bond donors (Lipinski definition) is 0. The van der Waals surface area contributed by atoms with Crippen molar-refractivity contribution in [2.75, 3.05) is 7.11 Å². The zero-order valence-electron chi connectivity index (χ0n) is 16.5. The predicted molar refractivity (Wildman–Crippen MR) is 116 cm³/mol.